The minimum Gasteiger partial charge on any atom is -0.495 e. The molecule has 0 unspecified atom stereocenters. The third-order valence-corrected chi connectivity index (χ3v) is 7.83. The van der Waals surface area contributed by atoms with Gasteiger partial charge in [-0.25, -0.2) is 9.97 Å². The van der Waals surface area contributed by atoms with E-state index in [9.17, 15) is 4.79 Å². The van der Waals surface area contributed by atoms with Gasteiger partial charge in [-0.2, -0.15) is 0 Å². The number of fused-ring (bicyclic) bond motifs is 1. The molecular weight excluding hydrogens is 537 g/mol. The molecule has 1 amide bonds. The van der Waals surface area contributed by atoms with Gasteiger partial charge in [0.05, 0.1) is 29.8 Å². The standard InChI is InChI=1S/C29H35Cl2N5O3/c1-6-25(37)35-14-10-21(11-15-35)36(13-7-12-34(2)3)29-32-18-20-16-19(8-9-22(20)33-29)26-27(30)23(38-4)17-24(39-5)28(26)31/h6,8-9,16-18,21H,1,7,10-15H2,2-5H3. The lowest BCUT2D eigenvalue weighted by Gasteiger charge is -2.38. The number of hydrogen-bond donors (Lipinski definition) is 0. The molecule has 0 saturated carbocycles. The molecule has 1 aliphatic heterocycles. The van der Waals surface area contributed by atoms with E-state index in [-0.39, 0.29) is 11.9 Å². The normalized spacial score (nSPS) is 14.1. The van der Waals surface area contributed by atoms with Crippen LogP contribution in [0, 0.1) is 0 Å². The van der Waals surface area contributed by atoms with E-state index in [0.717, 1.165) is 48.8 Å². The van der Waals surface area contributed by atoms with Gasteiger partial charge in [-0.15, -0.1) is 0 Å². The Morgan fingerprint density at radius 2 is 1.77 bits per heavy atom. The molecule has 0 spiro atoms. The molecule has 1 aliphatic rings. The van der Waals surface area contributed by atoms with Gasteiger partial charge >= 0.3 is 0 Å². The van der Waals surface area contributed by atoms with Crippen LogP contribution in [-0.2, 0) is 4.79 Å². The summed E-state index contributed by atoms with van der Waals surface area (Å²) in [7, 11) is 7.26. The van der Waals surface area contributed by atoms with Gasteiger partial charge in [0, 0.05) is 48.9 Å². The summed E-state index contributed by atoms with van der Waals surface area (Å²) in [6, 6.07) is 7.80. The highest BCUT2D eigenvalue weighted by Crippen LogP contribution is 2.46. The predicted octanol–water partition coefficient (Wildman–Crippen LogP) is 5.56. The molecule has 208 valence electrons. The fraction of sp³-hybridized carbons (Fsp3) is 0.414. The number of aromatic nitrogens is 2. The summed E-state index contributed by atoms with van der Waals surface area (Å²) in [6.07, 6.45) is 5.93. The van der Waals surface area contributed by atoms with E-state index in [2.05, 4.69) is 30.5 Å². The predicted molar refractivity (Wildman–Crippen MR) is 158 cm³/mol. The molecule has 1 fully saturated rings. The summed E-state index contributed by atoms with van der Waals surface area (Å²) in [5.41, 5.74) is 2.27. The summed E-state index contributed by atoms with van der Waals surface area (Å²) < 4.78 is 10.9. The van der Waals surface area contributed by atoms with Crippen LogP contribution < -0.4 is 14.4 Å². The van der Waals surface area contributed by atoms with Gasteiger partial charge < -0.3 is 24.2 Å². The monoisotopic (exact) mass is 571 g/mol. The van der Waals surface area contributed by atoms with Crippen LogP contribution in [0.25, 0.3) is 22.0 Å². The molecular formula is C29H35Cl2N5O3. The first-order chi connectivity index (χ1) is 18.8. The average Bonchev–Trinajstić information content (AvgIpc) is 2.95. The van der Waals surface area contributed by atoms with Crippen LogP contribution in [-0.4, -0.2) is 86.2 Å². The Kier molecular flexibility index (Phi) is 9.53. The highest BCUT2D eigenvalue weighted by Gasteiger charge is 2.28. The molecule has 0 radical (unpaired) electrons. The summed E-state index contributed by atoms with van der Waals surface area (Å²) >= 11 is 13.3. The SMILES string of the molecule is C=CC(=O)N1CCC(N(CCCN(C)C)c2ncc3cc(-c4c(Cl)c(OC)cc(OC)c4Cl)ccc3n2)CC1. The maximum absolute atomic E-state index is 12.1. The van der Waals surface area contributed by atoms with Gasteiger partial charge in [-0.3, -0.25) is 4.79 Å². The van der Waals surface area contributed by atoms with Crippen molar-refractivity contribution < 1.29 is 14.3 Å². The molecule has 2 heterocycles. The quantitative estimate of drug-likeness (QED) is 0.295. The number of halogens is 2. The zero-order valence-corrected chi connectivity index (χ0v) is 24.4. The molecule has 39 heavy (non-hydrogen) atoms. The summed E-state index contributed by atoms with van der Waals surface area (Å²) in [5.74, 6) is 1.64. The fourth-order valence-electron chi connectivity index (χ4n) is 4.99. The van der Waals surface area contributed by atoms with Crippen molar-refractivity contribution in [2.45, 2.75) is 25.3 Å². The first-order valence-corrected chi connectivity index (χ1v) is 13.7. The van der Waals surface area contributed by atoms with Crippen molar-refractivity contribution in [2.75, 3.05) is 59.4 Å². The molecule has 2 aromatic carbocycles. The topological polar surface area (TPSA) is 71.0 Å². The number of methoxy groups -OCH3 is 2. The van der Waals surface area contributed by atoms with Crippen molar-refractivity contribution in [3.8, 4) is 22.6 Å². The molecule has 0 atom stereocenters. The third-order valence-electron chi connectivity index (χ3n) is 7.08. The number of ether oxygens (including phenoxy) is 2. The molecule has 1 saturated heterocycles. The minimum atomic E-state index is -0.0146. The average molecular weight is 573 g/mol. The van der Waals surface area contributed by atoms with E-state index < -0.39 is 0 Å². The molecule has 0 aliphatic carbocycles. The third kappa shape index (κ3) is 6.40. The van der Waals surface area contributed by atoms with E-state index in [4.69, 9.17) is 42.6 Å². The first-order valence-electron chi connectivity index (χ1n) is 13.0. The number of rotatable bonds is 10. The first kappa shape index (κ1) is 28.9. The molecule has 8 nitrogen and oxygen atoms in total. The smallest absolute Gasteiger partial charge is 0.245 e. The van der Waals surface area contributed by atoms with Gasteiger partial charge in [-0.05, 0) is 63.7 Å². The van der Waals surface area contributed by atoms with Crippen LogP contribution in [0.1, 0.15) is 19.3 Å². The minimum absolute atomic E-state index is 0.0146. The van der Waals surface area contributed by atoms with Crippen molar-refractivity contribution in [1.82, 2.24) is 19.8 Å². The highest BCUT2D eigenvalue weighted by atomic mass is 35.5. The number of piperidine rings is 1. The van der Waals surface area contributed by atoms with Crippen molar-refractivity contribution >= 4 is 46.0 Å². The Morgan fingerprint density at radius 1 is 1.10 bits per heavy atom. The van der Waals surface area contributed by atoms with Crippen LogP contribution in [0.4, 0.5) is 5.95 Å². The van der Waals surface area contributed by atoms with Gasteiger partial charge in [0.15, 0.2) is 0 Å². The van der Waals surface area contributed by atoms with E-state index >= 15 is 0 Å². The van der Waals surface area contributed by atoms with Gasteiger partial charge in [0.2, 0.25) is 11.9 Å². The molecule has 10 heteroatoms. The molecule has 4 rings (SSSR count). The van der Waals surface area contributed by atoms with Gasteiger partial charge in [0.25, 0.3) is 0 Å². The molecule has 1 aromatic heterocycles. The van der Waals surface area contributed by atoms with Crippen molar-refractivity contribution in [2.24, 2.45) is 0 Å². The molecule has 0 bridgehead atoms. The van der Waals surface area contributed by atoms with Crippen LogP contribution in [0.3, 0.4) is 0 Å². The second-order valence-corrected chi connectivity index (χ2v) is 10.6. The number of carbonyl (C=O) groups is 1. The van der Waals surface area contributed by atoms with Crippen LogP contribution in [0.5, 0.6) is 11.5 Å². The maximum Gasteiger partial charge on any atom is 0.245 e. The Morgan fingerprint density at radius 3 is 2.36 bits per heavy atom. The second-order valence-electron chi connectivity index (χ2n) is 9.84. The van der Waals surface area contributed by atoms with E-state index in [0.29, 0.717) is 46.1 Å². The number of likely N-dealkylation sites (tertiary alicyclic amines) is 1. The van der Waals surface area contributed by atoms with Crippen LogP contribution >= 0.6 is 23.2 Å². The molecule has 3 aromatic rings. The lowest BCUT2D eigenvalue weighted by Crippen LogP contribution is -2.47. The highest BCUT2D eigenvalue weighted by molar-refractivity contribution is 6.41. The summed E-state index contributed by atoms with van der Waals surface area (Å²) in [5, 5.41) is 1.69. The lowest BCUT2D eigenvalue weighted by molar-refractivity contribution is -0.127. The Balaban J connectivity index is 1.65. The van der Waals surface area contributed by atoms with E-state index in [1.165, 1.54) is 6.08 Å². The van der Waals surface area contributed by atoms with Crippen molar-refractivity contribution in [1.29, 1.82) is 0 Å². The Bertz CT molecular complexity index is 1310. The number of hydrogen-bond acceptors (Lipinski definition) is 7. The molecule has 0 N–H and O–H groups in total. The number of anilines is 1. The summed E-state index contributed by atoms with van der Waals surface area (Å²) in [6.45, 7) is 6.81. The van der Waals surface area contributed by atoms with Crippen molar-refractivity contribution in [3.63, 3.8) is 0 Å². The largest absolute Gasteiger partial charge is 0.495 e. The maximum atomic E-state index is 12.1. The van der Waals surface area contributed by atoms with Gasteiger partial charge in [0.1, 0.15) is 11.5 Å². The fourth-order valence-corrected chi connectivity index (χ4v) is 5.71. The zero-order chi connectivity index (χ0) is 28.1. The van der Waals surface area contributed by atoms with Crippen molar-refractivity contribution in [3.05, 3.63) is 53.2 Å². The number of benzene rings is 2. The number of carbonyl (C=O) groups excluding carboxylic acids is 1. The number of nitrogens with zero attached hydrogens (tertiary/aromatic N) is 5. The Labute approximate surface area is 240 Å². The summed E-state index contributed by atoms with van der Waals surface area (Å²) in [4.78, 5) is 28.2. The Hall–Kier alpha value is -3.07. The van der Waals surface area contributed by atoms with E-state index in [1.54, 1.807) is 20.3 Å². The second kappa shape index (κ2) is 12.9. The zero-order valence-electron chi connectivity index (χ0n) is 22.9. The van der Waals surface area contributed by atoms with Crippen LogP contribution in [0.15, 0.2) is 43.1 Å². The van der Waals surface area contributed by atoms with Crippen LogP contribution in [0.2, 0.25) is 10.0 Å². The lowest BCUT2D eigenvalue weighted by atomic mass is 10.0. The van der Waals surface area contributed by atoms with Gasteiger partial charge in [-0.1, -0.05) is 35.8 Å². The van der Waals surface area contributed by atoms with E-state index in [1.807, 2.05) is 29.3 Å². The number of amides is 1.